The van der Waals surface area contributed by atoms with E-state index < -0.39 is 16.1 Å². The summed E-state index contributed by atoms with van der Waals surface area (Å²) in [6.45, 7) is 2.09. The number of aromatic nitrogens is 1. The van der Waals surface area contributed by atoms with Crippen molar-refractivity contribution in [1.29, 1.82) is 0 Å². The quantitative estimate of drug-likeness (QED) is 0.857. The van der Waals surface area contributed by atoms with E-state index in [9.17, 15) is 13.2 Å². The van der Waals surface area contributed by atoms with Gasteiger partial charge in [0.15, 0.2) is 5.82 Å². The minimum Gasteiger partial charge on any atom is -0.360 e. The van der Waals surface area contributed by atoms with E-state index in [2.05, 4.69) is 10.5 Å². The largest absolute Gasteiger partial charge is 0.360 e. The predicted octanol–water partition coefficient (Wildman–Crippen LogP) is 0.346. The van der Waals surface area contributed by atoms with Crippen molar-refractivity contribution in [3.05, 3.63) is 11.8 Å². The predicted molar refractivity (Wildman–Crippen MR) is 64.4 cm³/mol. The number of rotatable bonds is 3. The highest BCUT2D eigenvalue weighted by Crippen LogP contribution is 2.21. The molecule has 2 rings (SSSR count). The molecule has 7 nitrogen and oxygen atoms in total. The van der Waals surface area contributed by atoms with Gasteiger partial charge in [-0.2, -0.15) is 4.31 Å². The molecule has 18 heavy (non-hydrogen) atoms. The van der Waals surface area contributed by atoms with Gasteiger partial charge in [-0.3, -0.25) is 4.79 Å². The van der Waals surface area contributed by atoms with Crippen LogP contribution in [0.4, 0.5) is 5.82 Å². The van der Waals surface area contributed by atoms with Gasteiger partial charge in [-0.1, -0.05) is 5.16 Å². The Bertz CT molecular complexity index is 551. The standard InChI is InChI=1S/C10H15N3O4S/c1-7-6-9(12-17-7)11-10(14)8-4-3-5-13(8)18(2,15)16/h6,8H,3-5H2,1-2H3,(H,11,12,14). The first kappa shape index (κ1) is 13.0. The fourth-order valence-corrected chi connectivity index (χ4v) is 3.16. The summed E-state index contributed by atoms with van der Waals surface area (Å²) in [7, 11) is -3.36. The number of anilines is 1. The van der Waals surface area contributed by atoms with Crippen molar-refractivity contribution in [2.24, 2.45) is 0 Å². The molecular formula is C10H15N3O4S. The molecule has 1 unspecified atom stereocenters. The van der Waals surface area contributed by atoms with Crippen molar-refractivity contribution in [2.45, 2.75) is 25.8 Å². The number of carbonyl (C=O) groups excluding carboxylic acids is 1. The van der Waals surface area contributed by atoms with Gasteiger partial charge in [0, 0.05) is 12.6 Å². The number of amides is 1. The maximum absolute atomic E-state index is 12.0. The van der Waals surface area contributed by atoms with Crippen LogP contribution in [0.25, 0.3) is 0 Å². The lowest BCUT2D eigenvalue weighted by atomic mass is 10.2. The molecule has 1 fully saturated rings. The molecule has 1 amide bonds. The summed E-state index contributed by atoms with van der Waals surface area (Å²) in [4.78, 5) is 12.0. The first-order valence-corrected chi connectivity index (χ1v) is 7.44. The molecular weight excluding hydrogens is 258 g/mol. The van der Waals surface area contributed by atoms with E-state index in [1.807, 2.05) is 0 Å². The molecule has 1 aliphatic rings. The van der Waals surface area contributed by atoms with Crippen LogP contribution >= 0.6 is 0 Å². The van der Waals surface area contributed by atoms with Crippen LogP contribution in [-0.2, 0) is 14.8 Å². The van der Waals surface area contributed by atoms with Crippen molar-refractivity contribution in [1.82, 2.24) is 9.46 Å². The molecule has 0 aliphatic carbocycles. The fourth-order valence-electron chi connectivity index (χ4n) is 2.03. The van der Waals surface area contributed by atoms with Gasteiger partial charge in [0.1, 0.15) is 11.8 Å². The third kappa shape index (κ3) is 2.70. The van der Waals surface area contributed by atoms with Crippen molar-refractivity contribution < 1.29 is 17.7 Å². The minimum absolute atomic E-state index is 0.304. The molecule has 8 heteroatoms. The van der Waals surface area contributed by atoms with E-state index in [1.54, 1.807) is 13.0 Å². The molecule has 2 heterocycles. The highest BCUT2D eigenvalue weighted by molar-refractivity contribution is 7.88. The second-order valence-electron chi connectivity index (χ2n) is 4.34. The zero-order valence-corrected chi connectivity index (χ0v) is 11.0. The zero-order valence-electron chi connectivity index (χ0n) is 10.2. The lowest BCUT2D eigenvalue weighted by Crippen LogP contribution is -2.42. The second kappa shape index (κ2) is 4.69. The van der Waals surface area contributed by atoms with Crippen molar-refractivity contribution in [2.75, 3.05) is 18.1 Å². The van der Waals surface area contributed by atoms with Crippen molar-refractivity contribution in [3.8, 4) is 0 Å². The Morgan fingerprint density at radius 3 is 2.89 bits per heavy atom. The summed E-state index contributed by atoms with van der Waals surface area (Å²) in [5.41, 5.74) is 0. The highest BCUT2D eigenvalue weighted by atomic mass is 32.2. The molecule has 1 N–H and O–H groups in total. The summed E-state index contributed by atoms with van der Waals surface area (Å²) < 4.78 is 29.1. The van der Waals surface area contributed by atoms with Gasteiger partial charge < -0.3 is 9.84 Å². The molecule has 0 radical (unpaired) electrons. The first-order valence-electron chi connectivity index (χ1n) is 5.59. The van der Waals surface area contributed by atoms with E-state index in [0.29, 0.717) is 31.0 Å². The monoisotopic (exact) mass is 273 g/mol. The number of hydrogen-bond donors (Lipinski definition) is 1. The Kier molecular flexibility index (Phi) is 3.40. The smallest absolute Gasteiger partial charge is 0.244 e. The fraction of sp³-hybridized carbons (Fsp3) is 0.600. The molecule has 0 aromatic carbocycles. The number of sulfonamides is 1. The van der Waals surface area contributed by atoms with Crippen LogP contribution in [-0.4, -0.2) is 42.6 Å². The summed E-state index contributed by atoms with van der Waals surface area (Å²) >= 11 is 0. The van der Waals surface area contributed by atoms with Gasteiger partial charge in [0.25, 0.3) is 0 Å². The van der Waals surface area contributed by atoms with Gasteiger partial charge in [-0.05, 0) is 19.8 Å². The third-order valence-electron chi connectivity index (χ3n) is 2.81. The first-order chi connectivity index (χ1) is 8.38. The molecule has 0 bridgehead atoms. The molecule has 0 saturated carbocycles. The molecule has 1 aromatic heterocycles. The Labute approximate surface area is 105 Å². The van der Waals surface area contributed by atoms with Crippen LogP contribution < -0.4 is 5.32 Å². The molecule has 1 atom stereocenters. The molecule has 1 aliphatic heterocycles. The lowest BCUT2D eigenvalue weighted by Gasteiger charge is -2.20. The third-order valence-corrected chi connectivity index (χ3v) is 4.10. The number of carbonyl (C=O) groups is 1. The van der Waals surface area contributed by atoms with Gasteiger partial charge in [0.2, 0.25) is 15.9 Å². The normalized spacial score (nSPS) is 21.1. The Balaban J connectivity index is 2.09. The van der Waals surface area contributed by atoms with E-state index in [-0.39, 0.29) is 5.91 Å². The average molecular weight is 273 g/mol. The Hall–Kier alpha value is -1.41. The summed E-state index contributed by atoms with van der Waals surface area (Å²) in [5, 5.41) is 6.20. The van der Waals surface area contributed by atoms with E-state index >= 15 is 0 Å². The average Bonchev–Trinajstić information content (AvgIpc) is 2.85. The lowest BCUT2D eigenvalue weighted by molar-refractivity contribution is -0.119. The van der Waals surface area contributed by atoms with Crippen LogP contribution in [0.15, 0.2) is 10.6 Å². The van der Waals surface area contributed by atoms with Crippen LogP contribution in [0.2, 0.25) is 0 Å². The maximum Gasteiger partial charge on any atom is 0.244 e. The molecule has 100 valence electrons. The summed E-state index contributed by atoms with van der Waals surface area (Å²) in [6.07, 6.45) is 2.32. The van der Waals surface area contributed by atoms with E-state index in [0.717, 1.165) is 6.26 Å². The molecule has 1 aromatic rings. The van der Waals surface area contributed by atoms with Gasteiger partial charge >= 0.3 is 0 Å². The SMILES string of the molecule is Cc1cc(NC(=O)C2CCCN2S(C)(=O)=O)no1. The topological polar surface area (TPSA) is 92.5 Å². The number of hydrogen-bond acceptors (Lipinski definition) is 5. The van der Waals surface area contributed by atoms with Crippen molar-refractivity contribution in [3.63, 3.8) is 0 Å². The number of nitrogens with zero attached hydrogens (tertiary/aromatic N) is 2. The van der Waals surface area contributed by atoms with Gasteiger partial charge in [-0.15, -0.1) is 0 Å². The second-order valence-corrected chi connectivity index (χ2v) is 6.28. The van der Waals surface area contributed by atoms with E-state index in [1.165, 1.54) is 4.31 Å². The van der Waals surface area contributed by atoms with Crippen LogP contribution in [0, 0.1) is 6.92 Å². The Morgan fingerprint density at radius 2 is 2.33 bits per heavy atom. The summed E-state index contributed by atoms with van der Waals surface area (Å²) in [6, 6.07) is 0.925. The Morgan fingerprint density at radius 1 is 1.61 bits per heavy atom. The molecule has 1 saturated heterocycles. The highest BCUT2D eigenvalue weighted by Gasteiger charge is 2.36. The van der Waals surface area contributed by atoms with E-state index in [4.69, 9.17) is 4.52 Å². The van der Waals surface area contributed by atoms with Crippen molar-refractivity contribution >= 4 is 21.7 Å². The van der Waals surface area contributed by atoms with Gasteiger partial charge in [-0.25, -0.2) is 8.42 Å². The van der Waals surface area contributed by atoms with Crippen LogP contribution in [0.5, 0.6) is 0 Å². The van der Waals surface area contributed by atoms with Crippen LogP contribution in [0.1, 0.15) is 18.6 Å². The van der Waals surface area contributed by atoms with Gasteiger partial charge in [0.05, 0.1) is 6.26 Å². The minimum atomic E-state index is -3.36. The molecule has 0 spiro atoms. The number of nitrogens with one attached hydrogen (secondary N) is 1. The number of aryl methyl sites for hydroxylation is 1. The summed E-state index contributed by atoms with van der Waals surface area (Å²) in [5.74, 6) is 0.515. The van der Waals surface area contributed by atoms with Crippen LogP contribution in [0.3, 0.4) is 0 Å². The maximum atomic E-state index is 12.0. The zero-order chi connectivity index (χ0) is 13.3.